The van der Waals surface area contributed by atoms with E-state index in [2.05, 4.69) is 155 Å². The normalized spacial score (nSPS) is 26.1. The van der Waals surface area contributed by atoms with Crippen LogP contribution in [-0.4, -0.2) is 47.8 Å². The number of benzene rings is 2. The summed E-state index contributed by atoms with van der Waals surface area (Å²) in [5, 5.41) is 1.87. The lowest BCUT2D eigenvalue weighted by atomic mass is 9.68. The van der Waals surface area contributed by atoms with E-state index in [-0.39, 0.29) is 11.1 Å². The summed E-state index contributed by atoms with van der Waals surface area (Å²) < 4.78 is 9.30. The highest BCUT2D eigenvalue weighted by Gasteiger charge is 2.69. The zero-order chi connectivity index (χ0) is 31.3. The number of nitrogens with zero attached hydrogens (tertiary/aromatic N) is 3. The van der Waals surface area contributed by atoms with Crippen molar-refractivity contribution in [1.82, 2.24) is 8.67 Å². The van der Waals surface area contributed by atoms with E-state index in [4.69, 9.17) is 0 Å². The molecule has 3 nitrogen and oxygen atoms in total. The minimum absolute atomic E-state index is 0.126. The molecule has 2 aliphatic heterocycles. The predicted molar refractivity (Wildman–Crippen MR) is 196 cm³/mol. The molecule has 2 heterocycles. The Morgan fingerprint density at radius 3 is 1.84 bits per heavy atom. The number of allylic oxidation sites excluding steroid dienone is 2. The van der Waals surface area contributed by atoms with Crippen molar-refractivity contribution in [3.8, 4) is 0 Å². The van der Waals surface area contributed by atoms with Gasteiger partial charge in [0.1, 0.15) is 0 Å². The largest absolute Gasteiger partial charge is 0.347 e. The van der Waals surface area contributed by atoms with Gasteiger partial charge in [-0.15, -0.1) is 0 Å². The summed E-state index contributed by atoms with van der Waals surface area (Å²) in [6, 6.07) is 18.4. The van der Waals surface area contributed by atoms with E-state index in [0.717, 1.165) is 11.8 Å². The van der Waals surface area contributed by atoms with Gasteiger partial charge in [-0.25, -0.2) is 0 Å². The molecule has 0 radical (unpaired) electrons. The van der Waals surface area contributed by atoms with E-state index in [9.17, 15) is 0 Å². The summed E-state index contributed by atoms with van der Waals surface area (Å²) in [5.74, 6) is 2.54. The Balaban J connectivity index is 1.75. The van der Waals surface area contributed by atoms with Crippen LogP contribution in [-0.2, 0) is 0 Å². The molecule has 6 heteroatoms. The van der Waals surface area contributed by atoms with Crippen LogP contribution in [0.3, 0.4) is 0 Å². The molecule has 0 N–H and O–H groups in total. The molecule has 1 spiro atoms. The van der Waals surface area contributed by atoms with Gasteiger partial charge in [-0.05, 0) is 120 Å². The van der Waals surface area contributed by atoms with Crippen LogP contribution in [0.1, 0.15) is 117 Å². The first-order valence-electron chi connectivity index (χ1n) is 16.8. The van der Waals surface area contributed by atoms with Gasteiger partial charge in [0.25, 0.3) is 0 Å². The molecule has 2 aromatic carbocycles. The molecule has 2 aromatic rings. The van der Waals surface area contributed by atoms with Crippen LogP contribution in [0.15, 0.2) is 59.5 Å². The van der Waals surface area contributed by atoms with Gasteiger partial charge in [-0.2, -0.15) is 0 Å². The molecule has 5 aliphatic rings. The third kappa shape index (κ3) is 4.83. The van der Waals surface area contributed by atoms with Gasteiger partial charge in [0.05, 0.1) is 0 Å². The second-order valence-corrected chi connectivity index (χ2v) is 26.6. The van der Waals surface area contributed by atoms with Crippen molar-refractivity contribution in [3.05, 3.63) is 76.2 Å². The topological polar surface area (TPSA) is 9.72 Å². The Bertz CT molecular complexity index is 1480. The Morgan fingerprint density at radius 2 is 1.35 bits per heavy atom. The molecule has 43 heavy (non-hydrogen) atoms. The lowest BCUT2D eigenvalue weighted by Crippen LogP contribution is -2.79. The third-order valence-corrected chi connectivity index (χ3v) is 26.3. The average molecular weight is 630 g/mol. The fourth-order valence-corrected chi connectivity index (χ4v) is 30.4. The minimum atomic E-state index is -1.87. The van der Waals surface area contributed by atoms with Crippen LogP contribution in [0.2, 0.25) is 13.1 Å². The number of hydrogen-bond acceptors (Lipinski definition) is 3. The molecule has 3 aliphatic carbocycles. The number of anilines is 1. The summed E-state index contributed by atoms with van der Waals surface area (Å²) in [5.41, 5.74) is 13.7. The molecule has 0 amide bonds. The van der Waals surface area contributed by atoms with Crippen molar-refractivity contribution in [2.75, 3.05) is 4.57 Å². The molecule has 1 saturated carbocycles. The van der Waals surface area contributed by atoms with Crippen molar-refractivity contribution >= 4 is 40.9 Å². The lowest BCUT2D eigenvalue weighted by molar-refractivity contribution is 0.196. The maximum absolute atomic E-state index is 3.16. The van der Waals surface area contributed by atoms with E-state index >= 15 is 0 Å². The van der Waals surface area contributed by atoms with Gasteiger partial charge in [0, 0.05) is 35.0 Å². The van der Waals surface area contributed by atoms with Gasteiger partial charge in [-0.3, -0.25) is 8.67 Å². The lowest BCUT2D eigenvalue weighted by Gasteiger charge is -2.77. The van der Waals surface area contributed by atoms with E-state index in [1.54, 1.807) is 5.70 Å². The van der Waals surface area contributed by atoms with Gasteiger partial charge in [0.2, 0.25) is 8.40 Å². The second-order valence-electron chi connectivity index (χ2n) is 16.7. The number of hydrogen-bond donors (Lipinski definition) is 0. The first kappa shape index (κ1) is 31.5. The van der Waals surface area contributed by atoms with E-state index in [1.165, 1.54) is 41.6 Å². The zero-order valence-corrected chi connectivity index (χ0v) is 31.9. The molecule has 0 unspecified atom stereocenters. The van der Waals surface area contributed by atoms with Gasteiger partial charge in [-0.1, -0.05) is 81.9 Å². The average Bonchev–Trinajstić information content (AvgIpc) is 2.85. The fraction of sp³-hybridized carbons (Fsp3) is 0.568. The number of para-hydroxylation sites is 1. The van der Waals surface area contributed by atoms with E-state index in [0.29, 0.717) is 11.8 Å². The van der Waals surface area contributed by atoms with E-state index in [1.807, 2.05) is 5.31 Å². The summed E-state index contributed by atoms with van der Waals surface area (Å²) >= 11 is 0. The smallest absolute Gasteiger partial charge is 0.210 e. The first-order valence-corrected chi connectivity index (χ1v) is 23.0. The zero-order valence-electron chi connectivity index (χ0n) is 29.0. The van der Waals surface area contributed by atoms with Gasteiger partial charge in [0.15, 0.2) is 8.57 Å². The Hall–Kier alpha value is -1.50. The van der Waals surface area contributed by atoms with Gasteiger partial charge >= 0.3 is 0 Å². The molecular weight excluding hydrogens is 574 g/mol. The Labute approximate surface area is 265 Å². The van der Waals surface area contributed by atoms with Crippen LogP contribution in [0.4, 0.5) is 5.69 Å². The van der Waals surface area contributed by atoms with Crippen LogP contribution >= 0.6 is 7.19 Å². The van der Waals surface area contributed by atoms with Crippen molar-refractivity contribution in [3.63, 3.8) is 0 Å². The maximum Gasteiger partial charge on any atom is 0.210 e. The van der Waals surface area contributed by atoms with E-state index < -0.39 is 24.2 Å². The maximum atomic E-state index is 3.16. The Kier molecular flexibility index (Phi) is 7.70. The molecule has 232 valence electrons. The van der Waals surface area contributed by atoms with Crippen LogP contribution in [0, 0.1) is 11.8 Å². The molecule has 2 fully saturated rings. The molecule has 1 saturated heterocycles. The monoisotopic (exact) mass is 629 g/mol. The summed E-state index contributed by atoms with van der Waals surface area (Å²) in [4.78, 5) is 0. The van der Waals surface area contributed by atoms with Crippen LogP contribution in [0.5, 0.6) is 0 Å². The summed E-state index contributed by atoms with van der Waals surface area (Å²) in [6.45, 7) is 29.9. The SMILES string of the molecule is CC(C)c1cccc(C(C)C)c1N1C2=C(C3CC(C2)C3)P2(=C/[Si]1=C\c1ccccc1)N(C(C)(C)C)[Si](C)(C)N2C(C)(C)C. The number of rotatable bonds is 4. The summed E-state index contributed by atoms with van der Waals surface area (Å²) in [6.07, 6.45) is 4.04. The van der Waals surface area contributed by atoms with Crippen LogP contribution in [0.25, 0.3) is 0 Å². The minimum Gasteiger partial charge on any atom is -0.347 e. The highest BCUT2D eigenvalue weighted by atomic mass is 31.2. The molecule has 0 atom stereocenters. The van der Waals surface area contributed by atoms with Crippen molar-refractivity contribution in [2.45, 2.75) is 125 Å². The summed E-state index contributed by atoms with van der Waals surface area (Å²) in [7, 11) is -5.01. The third-order valence-electron chi connectivity index (χ3n) is 10.2. The fourth-order valence-electron chi connectivity index (χ4n) is 9.50. The standard InChI is InChI=1S/C37H56N3PSi2/c1-26(2)31-19-16-20-32(27(3)4)34(31)38-33-23-29-21-30(22-29)35(33)41(25-42(38)24-28-17-14-13-15-18-28)39(36(5,6)7)43(11,12)40(41)37(8,9)10/h13-20,24-27,29-30H,21-23H2,1-12H3/b42-24+. The van der Waals surface area contributed by atoms with Crippen molar-refractivity contribution < 1.29 is 0 Å². The second kappa shape index (κ2) is 10.5. The molecule has 7 rings (SSSR count). The predicted octanol–water partition coefficient (Wildman–Crippen LogP) is 9.92. The molecular formula is C37H56N3PSi2. The van der Waals surface area contributed by atoms with Gasteiger partial charge < -0.3 is 4.57 Å². The first-order chi connectivity index (χ1) is 20.0. The molecule has 0 aromatic heterocycles. The molecule has 2 bridgehead atoms. The van der Waals surface area contributed by atoms with Crippen molar-refractivity contribution in [1.29, 1.82) is 0 Å². The van der Waals surface area contributed by atoms with Crippen molar-refractivity contribution in [2.24, 2.45) is 11.8 Å². The Morgan fingerprint density at radius 1 is 0.814 bits per heavy atom. The highest BCUT2D eigenvalue weighted by molar-refractivity contribution is 7.84. The highest BCUT2D eigenvalue weighted by Crippen LogP contribution is 2.82. The van der Waals surface area contributed by atoms with Crippen LogP contribution < -0.4 is 4.57 Å². The quantitative estimate of drug-likeness (QED) is 0.246.